The molecular weight excluding hydrogens is 592 g/mol. The third-order valence-corrected chi connectivity index (χ3v) is 9.10. The molecule has 1 fully saturated rings. The fourth-order valence-corrected chi connectivity index (χ4v) is 6.54. The number of carbonyl (C=O) groups is 2. The average Bonchev–Trinajstić information content (AvgIpc) is 3.03. The summed E-state index contributed by atoms with van der Waals surface area (Å²) in [5.74, 6) is -0.0952. The van der Waals surface area contributed by atoms with Crippen LogP contribution < -0.4 is 25.0 Å². The van der Waals surface area contributed by atoms with Gasteiger partial charge < -0.3 is 25.8 Å². The van der Waals surface area contributed by atoms with Crippen molar-refractivity contribution in [1.82, 2.24) is 16.0 Å². The molecule has 3 atom stereocenters. The smallest absolute Gasteiger partial charge is 0.251 e. The number of nitrogens with zero attached hydrogens (tertiary/aromatic N) is 1. The number of hydrogen-bond acceptors (Lipinski definition) is 7. The van der Waals surface area contributed by atoms with Gasteiger partial charge in [-0.25, -0.2) is 12.7 Å². The zero-order valence-corrected chi connectivity index (χ0v) is 26.9. The number of sulfonamides is 1. The molecule has 1 aliphatic carbocycles. The van der Waals surface area contributed by atoms with Crippen LogP contribution in [0.1, 0.15) is 54.9 Å². The zero-order valence-electron chi connectivity index (χ0n) is 26.1. The van der Waals surface area contributed by atoms with Gasteiger partial charge in [0.1, 0.15) is 5.75 Å². The highest BCUT2D eigenvalue weighted by molar-refractivity contribution is 7.92. The minimum Gasteiger partial charge on any atom is -0.497 e. The Balaban J connectivity index is 1.49. The predicted molar refractivity (Wildman–Crippen MR) is 176 cm³/mol. The van der Waals surface area contributed by atoms with E-state index in [-0.39, 0.29) is 29.7 Å². The summed E-state index contributed by atoms with van der Waals surface area (Å²) in [6, 6.07) is 21.4. The molecule has 242 valence electrons. The second kappa shape index (κ2) is 15.9. The fraction of sp³-hybridized carbons (Fsp3) is 0.412. The first-order valence-electron chi connectivity index (χ1n) is 15.4. The quantitative estimate of drug-likeness (QED) is 0.211. The highest BCUT2D eigenvalue weighted by Crippen LogP contribution is 2.31. The van der Waals surface area contributed by atoms with E-state index < -0.39 is 34.1 Å². The van der Waals surface area contributed by atoms with Crippen LogP contribution in [-0.4, -0.2) is 69.5 Å². The predicted octanol–water partition coefficient (Wildman–Crippen LogP) is 3.92. The number of carbonyl (C=O) groups excluding carboxylic acids is 2. The fourth-order valence-electron chi connectivity index (χ4n) is 5.55. The molecule has 0 aromatic heterocycles. The van der Waals surface area contributed by atoms with Crippen molar-refractivity contribution in [3.8, 4) is 5.75 Å². The van der Waals surface area contributed by atoms with Crippen LogP contribution in [0.3, 0.4) is 0 Å². The first kappa shape index (κ1) is 34.0. The maximum atomic E-state index is 13.6. The van der Waals surface area contributed by atoms with Crippen LogP contribution in [0.2, 0.25) is 0 Å². The Hall–Kier alpha value is -3.93. The number of anilines is 2. The molecule has 0 unspecified atom stereocenters. The third-order valence-electron chi connectivity index (χ3n) is 8.02. The molecule has 3 aromatic carbocycles. The van der Waals surface area contributed by atoms with Gasteiger partial charge in [0.05, 0.1) is 42.9 Å². The zero-order chi connectivity index (χ0) is 32.4. The summed E-state index contributed by atoms with van der Waals surface area (Å²) < 4.78 is 32.2. The summed E-state index contributed by atoms with van der Waals surface area (Å²) in [6.45, 7) is 1.84. The Morgan fingerprint density at radius 3 is 2.29 bits per heavy atom. The van der Waals surface area contributed by atoms with E-state index in [9.17, 15) is 23.1 Å². The van der Waals surface area contributed by atoms with Crippen LogP contribution in [0.5, 0.6) is 5.75 Å². The minimum absolute atomic E-state index is 0.0781. The standard InChI is InChI=1S/C34H44N4O6S/c1-24(33(40)36-27-15-8-5-9-16-27)35-23-32(39)31(20-25-12-6-4-7-13-25)37-34(41)26-14-10-17-28(21-26)38(45(3,42)43)29-18-11-19-30(22-29)44-2/h4,6-7,10-14,17-19,21-22,24,27,31-32,35,39H,5,8-9,15-16,20,23H2,1-3H3,(H,36,40)(H,37,41)/t24-,31-,32+/m0/s1. The lowest BCUT2D eigenvalue weighted by Crippen LogP contribution is -2.53. The summed E-state index contributed by atoms with van der Waals surface area (Å²) in [7, 11) is -2.29. The van der Waals surface area contributed by atoms with E-state index in [0.29, 0.717) is 17.9 Å². The monoisotopic (exact) mass is 636 g/mol. The van der Waals surface area contributed by atoms with Gasteiger partial charge >= 0.3 is 0 Å². The van der Waals surface area contributed by atoms with Crippen molar-refractivity contribution in [2.24, 2.45) is 0 Å². The van der Waals surface area contributed by atoms with Gasteiger partial charge in [0, 0.05) is 24.2 Å². The molecule has 10 nitrogen and oxygen atoms in total. The molecule has 11 heteroatoms. The van der Waals surface area contributed by atoms with Crippen LogP contribution in [0, 0.1) is 0 Å². The first-order chi connectivity index (χ1) is 21.5. The molecule has 0 heterocycles. The van der Waals surface area contributed by atoms with Gasteiger partial charge in [-0.2, -0.15) is 0 Å². The molecule has 0 radical (unpaired) electrons. The maximum Gasteiger partial charge on any atom is 0.251 e. The van der Waals surface area contributed by atoms with Gasteiger partial charge in [0.2, 0.25) is 15.9 Å². The summed E-state index contributed by atoms with van der Waals surface area (Å²) in [6.07, 6.45) is 5.80. The highest BCUT2D eigenvalue weighted by Gasteiger charge is 2.26. The van der Waals surface area contributed by atoms with Crippen LogP contribution in [0.25, 0.3) is 0 Å². The van der Waals surface area contributed by atoms with Crippen molar-refractivity contribution >= 4 is 33.2 Å². The molecule has 1 aliphatic rings. The Morgan fingerprint density at radius 2 is 1.62 bits per heavy atom. The molecule has 0 spiro atoms. The normalized spacial score (nSPS) is 15.8. The van der Waals surface area contributed by atoms with E-state index >= 15 is 0 Å². The van der Waals surface area contributed by atoms with E-state index in [2.05, 4.69) is 16.0 Å². The van der Waals surface area contributed by atoms with Crippen molar-refractivity contribution < 1.29 is 27.9 Å². The van der Waals surface area contributed by atoms with Crippen molar-refractivity contribution in [3.63, 3.8) is 0 Å². The second-order valence-electron chi connectivity index (χ2n) is 11.6. The Bertz CT molecular complexity index is 1530. The number of methoxy groups -OCH3 is 1. The molecule has 0 saturated heterocycles. The van der Waals surface area contributed by atoms with E-state index in [4.69, 9.17) is 4.74 Å². The molecule has 45 heavy (non-hydrogen) atoms. The lowest BCUT2D eigenvalue weighted by atomic mass is 9.95. The van der Waals surface area contributed by atoms with E-state index in [1.165, 1.54) is 19.6 Å². The molecule has 4 rings (SSSR count). The van der Waals surface area contributed by atoms with Crippen molar-refractivity contribution in [2.45, 2.75) is 69.7 Å². The van der Waals surface area contributed by atoms with Crippen molar-refractivity contribution in [2.75, 3.05) is 24.2 Å². The van der Waals surface area contributed by atoms with Crippen LogP contribution in [-0.2, 0) is 21.2 Å². The number of aliphatic hydroxyl groups excluding tert-OH is 1. The molecule has 3 aromatic rings. The summed E-state index contributed by atoms with van der Waals surface area (Å²) in [4.78, 5) is 26.3. The topological polar surface area (TPSA) is 137 Å². The Labute approximate surface area is 266 Å². The Kier molecular flexibility index (Phi) is 12.0. The van der Waals surface area contributed by atoms with E-state index in [1.54, 1.807) is 49.4 Å². The van der Waals surface area contributed by atoms with Crippen LogP contribution >= 0.6 is 0 Å². The van der Waals surface area contributed by atoms with E-state index in [0.717, 1.165) is 41.8 Å². The largest absolute Gasteiger partial charge is 0.497 e. The van der Waals surface area contributed by atoms with Gasteiger partial charge in [-0.3, -0.25) is 9.59 Å². The van der Waals surface area contributed by atoms with Gasteiger partial charge in [-0.1, -0.05) is 61.7 Å². The number of hydrogen-bond donors (Lipinski definition) is 4. The van der Waals surface area contributed by atoms with Gasteiger partial charge in [-0.15, -0.1) is 0 Å². The maximum absolute atomic E-state index is 13.6. The number of benzene rings is 3. The first-order valence-corrected chi connectivity index (χ1v) is 17.2. The number of rotatable bonds is 14. The molecule has 2 amide bonds. The van der Waals surface area contributed by atoms with Crippen molar-refractivity contribution in [1.29, 1.82) is 0 Å². The Morgan fingerprint density at radius 1 is 0.956 bits per heavy atom. The molecule has 4 N–H and O–H groups in total. The SMILES string of the molecule is COc1cccc(N(c2cccc(C(=O)N[C@@H](Cc3ccccc3)[C@H](O)CN[C@@H](C)C(=O)NC3CCCCC3)c2)S(C)(=O)=O)c1. The van der Waals surface area contributed by atoms with Gasteiger partial charge in [0.25, 0.3) is 5.91 Å². The average molecular weight is 637 g/mol. The summed E-state index contributed by atoms with van der Waals surface area (Å²) >= 11 is 0. The molecule has 0 bridgehead atoms. The third kappa shape index (κ3) is 9.78. The van der Waals surface area contributed by atoms with Crippen molar-refractivity contribution in [3.05, 3.63) is 90.0 Å². The lowest BCUT2D eigenvalue weighted by molar-refractivity contribution is -0.123. The summed E-state index contributed by atoms with van der Waals surface area (Å²) in [5.41, 5.74) is 1.78. The van der Waals surface area contributed by atoms with E-state index in [1.807, 2.05) is 30.3 Å². The number of amides is 2. The number of aliphatic hydroxyl groups is 1. The summed E-state index contributed by atoms with van der Waals surface area (Å²) in [5, 5.41) is 20.4. The van der Waals surface area contributed by atoms with Crippen LogP contribution in [0.15, 0.2) is 78.9 Å². The molecule has 0 aliphatic heterocycles. The molecule has 1 saturated carbocycles. The number of nitrogens with one attached hydrogen (secondary N) is 3. The van der Waals surface area contributed by atoms with Gasteiger partial charge in [-0.05, 0) is 62.1 Å². The van der Waals surface area contributed by atoms with Gasteiger partial charge in [0.15, 0.2) is 0 Å². The van der Waals surface area contributed by atoms with Crippen LogP contribution in [0.4, 0.5) is 11.4 Å². The lowest BCUT2D eigenvalue weighted by Gasteiger charge is -2.28. The highest BCUT2D eigenvalue weighted by atomic mass is 32.2. The second-order valence-corrected chi connectivity index (χ2v) is 13.4. The minimum atomic E-state index is -3.78. The molecular formula is C34H44N4O6S. The number of ether oxygens (including phenoxy) is 1.